The van der Waals surface area contributed by atoms with Crippen LogP contribution in [0.3, 0.4) is 0 Å². The van der Waals surface area contributed by atoms with Crippen LogP contribution in [0.25, 0.3) is 0 Å². The zero-order valence-corrected chi connectivity index (χ0v) is 10.2. The smallest absolute Gasteiger partial charge is 0.0662 e. The van der Waals surface area contributed by atoms with Gasteiger partial charge in [-0.25, -0.2) is 0 Å². The first-order chi connectivity index (χ1) is 7.16. The van der Waals surface area contributed by atoms with Gasteiger partial charge in [0.05, 0.1) is 6.10 Å². The summed E-state index contributed by atoms with van der Waals surface area (Å²) >= 11 is 1.83. The molecular weight excluding hydrogens is 204 g/mol. The second-order valence-corrected chi connectivity index (χ2v) is 5.71. The number of hydrogen-bond donors (Lipinski definition) is 1. The van der Waals surface area contributed by atoms with Crippen molar-refractivity contribution in [3.05, 3.63) is 29.3 Å². The van der Waals surface area contributed by atoms with Gasteiger partial charge in [-0.15, -0.1) is 11.8 Å². The van der Waals surface area contributed by atoms with Crippen LogP contribution in [0.2, 0.25) is 0 Å². The maximum Gasteiger partial charge on any atom is 0.0662 e. The van der Waals surface area contributed by atoms with Gasteiger partial charge in [0.2, 0.25) is 0 Å². The topological polar surface area (TPSA) is 20.2 Å². The van der Waals surface area contributed by atoms with Crippen molar-refractivity contribution in [3.8, 4) is 0 Å². The van der Waals surface area contributed by atoms with Gasteiger partial charge in [0, 0.05) is 10.1 Å². The summed E-state index contributed by atoms with van der Waals surface area (Å²) in [5.41, 5.74) is 2.68. The van der Waals surface area contributed by atoms with E-state index in [1.54, 1.807) is 0 Å². The van der Waals surface area contributed by atoms with Crippen molar-refractivity contribution in [2.24, 2.45) is 0 Å². The highest BCUT2D eigenvalue weighted by Gasteiger charge is 2.25. The molecule has 1 saturated carbocycles. The second-order valence-electron chi connectivity index (χ2n) is 4.40. The minimum Gasteiger partial charge on any atom is -0.392 e. The van der Waals surface area contributed by atoms with E-state index in [4.69, 9.17) is 0 Å². The normalized spacial score (nSPS) is 25.8. The molecule has 0 amide bonds. The number of hydrogen-bond acceptors (Lipinski definition) is 2. The molecule has 0 bridgehead atoms. The second kappa shape index (κ2) is 4.58. The minimum absolute atomic E-state index is 0.100. The number of aryl methyl sites for hydroxylation is 2. The highest BCUT2D eigenvalue weighted by atomic mass is 32.2. The molecule has 2 rings (SSSR count). The van der Waals surface area contributed by atoms with Crippen LogP contribution in [-0.4, -0.2) is 16.5 Å². The lowest BCUT2D eigenvalue weighted by atomic mass is 10.1. The Kier molecular flexibility index (Phi) is 3.37. The van der Waals surface area contributed by atoms with E-state index in [1.807, 2.05) is 11.8 Å². The first-order valence-corrected chi connectivity index (χ1v) is 6.47. The fourth-order valence-corrected chi connectivity index (χ4v) is 3.32. The molecule has 0 aliphatic heterocycles. The molecule has 0 aromatic heterocycles. The van der Waals surface area contributed by atoms with Crippen LogP contribution in [0.5, 0.6) is 0 Å². The first-order valence-electron chi connectivity index (χ1n) is 5.59. The van der Waals surface area contributed by atoms with Crippen molar-refractivity contribution in [2.75, 3.05) is 0 Å². The average molecular weight is 222 g/mol. The number of thioether (sulfide) groups is 1. The molecule has 2 atom stereocenters. The van der Waals surface area contributed by atoms with Crippen LogP contribution in [0.4, 0.5) is 0 Å². The summed E-state index contributed by atoms with van der Waals surface area (Å²) in [6.45, 7) is 4.28. The number of aliphatic hydroxyl groups excluding tert-OH is 1. The van der Waals surface area contributed by atoms with E-state index in [2.05, 4.69) is 32.0 Å². The van der Waals surface area contributed by atoms with Crippen molar-refractivity contribution in [2.45, 2.75) is 49.4 Å². The standard InChI is InChI=1S/C13H18OS/c1-9-6-7-11(8-10(9)2)15-13-5-3-4-12(13)14/h6-8,12-14H,3-5H2,1-2H3/t12-,13-/m1/s1. The predicted molar refractivity (Wildman–Crippen MR) is 65.4 cm³/mol. The van der Waals surface area contributed by atoms with Gasteiger partial charge in [-0.1, -0.05) is 6.07 Å². The summed E-state index contributed by atoms with van der Waals surface area (Å²) in [5.74, 6) is 0. The molecule has 1 aromatic rings. The molecule has 1 aromatic carbocycles. The molecule has 0 radical (unpaired) electrons. The van der Waals surface area contributed by atoms with E-state index in [1.165, 1.54) is 22.4 Å². The van der Waals surface area contributed by atoms with Crippen LogP contribution >= 0.6 is 11.8 Å². The maximum atomic E-state index is 9.75. The van der Waals surface area contributed by atoms with E-state index in [0.717, 1.165) is 12.8 Å². The molecule has 2 heteroatoms. The highest BCUT2D eigenvalue weighted by molar-refractivity contribution is 8.00. The SMILES string of the molecule is Cc1ccc(S[C@@H]2CCC[C@H]2O)cc1C. The molecule has 1 nitrogen and oxygen atoms in total. The monoisotopic (exact) mass is 222 g/mol. The summed E-state index contributed by atoms with van der Waals surface area (Å²) < 4.78 is 0. The van der Waals surface area contributed by atoms with Crippen LogP contribution in [0, 0.1) is 13.8 Å². The largest absolute Gasteiger partial charge is 0.392 e. The molecule has 0 saturated heterocycles. The van der Waals surface area contributed by atoms with Crippen LogP contribution in [-0.2, 0) is 0 Å². The Morgan fingerprint density at radius 2 is 2.00 bits per heavy atom. The summed E-state index contributed by atoms with van der Waals surface area (Å²) in [4.78, 5) is 1.30. The Morgan fingerprint density at radius 3 is 2.60 bits per heavy atom. The van der Waals surface area contributed by atoms with Gasteiger partial charge in [0.25, 0.3) is 0 Å². The van der Waals surface area contributed by atoms with Gasteiger partial charge < -0.3 is 5.11 Å². The van der Waals surface area contributed by atoms with Crippen molar-refractivity contribution in [1.82, 2.24) is 0 Å². The lowest BCUT2D eigenvalue weighted by molar-refractivity contribution is 0.188. The third-order valence-corrected chi connectivity index (χ3v) is 4.56. The molecule has 0 unspecified atom stereocenters. The van der Waals surface area contributed by atoms with E-state index < -0.39 is 0 Å². The quantitative estimate of drug-likeness (QED) is 0.828. The van der Waals surface area contributed by atoms with Crippen LogP contribution in [0.1, 0.15) is 30.4 Å². The first kappa shape index (κ1) is 11.0. The molecule has 1 aliphatic carbocycles. The number of rotatable bonds is 2. The van der Waals surface area contributed by atoms with Crippen molar-refractivity contribution in [1.29, 1.82) is 0 Å². The van der Waals surface area contributed by atoms with Crippen molar-refractivity contribution >= 4 is 11.8 Å². The fourth-order valence-electron chi connectivity index (χ4n) is 2.01. The molecule has 82 valence electrons. The van der Waals surface area contributed by atoms with Gasteiger partial charge in [-0.2, -0.15) is 0 Å². The van der Waals surface area contributed by atoms with Crippen molar-refractivity contribution < 1.29 is 5.11 Å². The molecule has 0 spiro atoms. The molecular formula is C13H18OS. The fraction of sp³-hybridized carbons (Fsp3) is 0.538. The Balaban J connectivity index is 2.07. The third-order valence-electron chi connectivity index (χ3n) is 3.18. The Labute approximate surface area is 95.9 Å². The van der Waals surface area contributed by atoms with Gasteiger partial charge in [0.1, 0.15) is 0 Å². The molecule has 0 heterocycles. The molecule has 1 N–H and O–H groups in total. The summed E-state index contributed by atoms with van der Waals surface area (Å²) in [5, 5.41) is 10.2. The van der Waals surface area contributed by atoms with E-state index in [0.29, 0.717) is 5.25 Å². The molecule has 15 heavy (non-hydrogen) atoms. The van der Waals surface area contributed by atoms with E-state index in [-0.39, 0.29) is 6.10 Å². The van der Waals surface area contributed by atoms with Gasteiger partial charge in [-0.05, 0) is 56.4 Å². The molecule has 1 aliphatic rings. The lowest BCUT2D eigenvalue weighted by Gasteiger charge is -2.14. The van der Waals surface area contributed by atoms with Gasteiger partial charge in [-0.3, -0.25) is 0 Å². The average Bonchev–Trinajstić information content (AvgIpc) is 2.59. The van der Waals surface area contributed by atoms with Crippen LogP contribution < -0.4 is 0 Å². The van der Waals surface area contributed by atoms with Crippen molar-refractivity contribution in [3.63, 3.8) is 0 Å². The van der Waals surface area contributed by atoms with E-state index >= 15 is 0 Å². The van der Waals surface area contributed by atoms with E-state index in [9.17, 15) is 5.11 Å². The third kappa shape index (κ3) is 2.56. The van der Waals surface area contributed by atoms with Gasteiger partial charge in [0.15, 0.2) is 0 Å². The zero-order valence-electron chi connectivity index (χ0n) is 9.36. The summed E-state index contributed by atoms with van der Waals surface area (Å²) in [6, 6.07) is 6.56. The highest BCUT2D eigenvalue weighted by Crippen LogP contribution is 2.35. The minimum atomic E-state index is -0.100. The van der Waals surface area contributed by atoms with Gasteiger partial charge >= 0.3 is 0 Å². The number of aliphatic hydroxyl groups is 1. The number of benzene rings is 1. The molecule has 1 fully saturated rings. The predicted octanol–water partition coefficient (Wildman–Crippen LogP) is 3.31. The Bertz CT molecular complexity index is 348. The Hall–Kier alpha value is -0.470. The lowest BCUT2D eigenvalue weighted by Crippen LogP contribution is -2.14. The zero-order chi connectivity index (χ0) is 10.8. The summed E-state index contributed by atoms with van der Waals surface area (Å²) in [7, 11) is 0. The Morgan fingerprint density at radius 1 is 1.20 bits per heavy atom. The van der Waals surface area contributed by atoms with Crippen LogP contribution in [0.15, 0.2) is 23.1 Å². The summed E-state index contributed by atoms with van der Waals surface area (Å²) in [6.07, 6.45) is 3.20. The maximum absolute atomic E-state index is 9.75.